The first kappa shape index (κ1) is 13.0. The number of carboxylic acid groups (broad SMARTS) is 1. The second kappa shape index (κ2) is 6.44. The predicted octanol–water partition coefficient (Wildman–Crippen LogP) is 2.88. The van der Waals surface area contributed by atoms with Crippen molar-refractivity contribution in [2.75, 3.05) is 18.5 Å². The molecule has 98 valence electrons. The molecule has 2 aromatic rings. The first-order chi connectivity index (χ1) is 9.27. The van der Waals surface area contributed by atoms with Gasteiger partial charge in [0.2, 0.25) is 0 Å². The SMILES string of the molecule is O=C(O)c1ccccc1OCCNc1ccccc1. The number of aromatic carboxylic acids is 1. The van der Waals surface area contributed by atoms with Crippen molar-refractivity contribution >= 4 is 11.7 Å². The Balaban J connectivity index is 1.85. The lowest BCUT2D eigenvalue weighted by atomic mass is 10.2. The smallest absolute Gasteiger partial charge is 0.339 e. The van der Waals surface area contributed by atoms with Crippen molar-refractivity contribution in [3.63, 3.8) is 0 Å². The first-order valence-corrected chi connectivity index (χ1v) is 6.01. The summed E-state index contributed by atoms with van der Waals surface area (Å²) in [4.78, 5) is 11.0. The fourth-order valence-corrected chi connectivity index (χ4v) is 1.68. The summed E-state index contributed by atoms with van der Waals surface area (Å²) in [6.07, 6.45) is 0. The maximum atomic E-state index is 11.0. The van der Waals surface area contributed by atoms with Crippen LogP contribution >= 0.6 is 0 Å². The molecule has 0 amide bonds. The van der Waals surface area contributed by atoms with Gasteiger partial charge in [0.25, 0.3) is 0 Å². The van der Waals surface area contributed by atoms with Gasteiger partial charge in [-0.1, -0.05) is 30.3 Å². The molecule has 4 heteroatoms. The van der Waals surface area contributed by atoms with E-state index in [9.17, 15) is 4.79 Å². The summed E-state index contributed by atoms with van der Waals surface area (Å²) in [7, 11) is 0. The summed E-state index contributed by atoms with van der Waals surface area (Å²) < 4.78 is 5.48. The van der Waals surface area contributed by atoms with Crippen molar-refractivity contribution in [3.8, 4) is 5.75 Å². The molecule has 2 rings (SSSR count). The molecule has 0 aliphatic rings. The average molecular weight is 257 g/mol. The van der Waals surface area contributed by atoms with Gasteiger partial charge in [-0.25, -0.2) is 4.79 Å². The minimum Gasteiger partial charge on any atom is -0.491 e. The van der Waals surface area contributed by atoms with Crippen LogP contribution in [0.3, 0.4) is 0 Å². The number of hydrogen-bond donors (Lipinski definition) is 2. The van der Waals surface area contributed by atoms with Crippen molar-refractivity contribution in [1.29, 1.82) is 0 Å². The lowest BCUT2D eigenvalue weighted by molar-refractivity contribution is 0.0692. The van der Waals surface area contributed by atoms with Crippen LogP contribution in [0.4, 0.5) is 5.69 Å². The molecule has 2 aromatic carbocycles. The van der Waals surface area contributed by atoms with Crippen molar-refractivity contribution in [2.24, 2.45) is 0 Å². The summed E-state index contributed by atoms with van der Waals surface area (Å²) in [5, 5.41) is 12.2. The molecule has 0 unspecified atom stereocenters. The van der Waals surface area contributed by atoms with Crippen molar-refractivity contribution in [3.05, 3.63) is 60.2 Å². The number of carbonyl (C=O) groups is 1. The van der Waals surface area contributed by atoms with E-state index in [-0.39, 0.29) is 5.56 Å². The van der Waals surface area contributed by atoms with Crippen LogP contribution in [-0.2, 0) is 0 Å². The standard InChI is InChI=1S/C15H15NO3/c17-15(18)13-8-4-5-9-14(13)19-11-10-16-12-6-2-1-3-7-12/h1-9,16H,10-11H2,(H,17,18). The van der Waals surface area contributed by atoms with E-state index in [0.29, 0.717) is 18.9 Å². The van der Waals surface area contributed by atoms with Crippen LogP contribution in [0.15, 0.2) is 54.6 Å². The van der Waals surface area contributed by atoms with Gasteiger partial charge in [0, 0.05) is 12.2 Å². The van der Waals surface area contributed by atoms with Gasteiger partial charge in [-0.2, -0.15) is 0 Å². The van der Waals surface area contributed by atoms with E-state index in [1.165, 1.54) is 6.07 Å². The van der Waals surface area contributed by atoms with Gasteiger partial charge in [-0.05, 0) is 24.3 Å². The van der Waals surface area contributed by atoms with E-state index in [2.05, 4.69) is 5.32 Å². The molecule has 0 saturated carbocycles. The Morgan fingerprint density at radius 3 is 2.47 bits per heavy atom. The van der Waals surface area contributed by atoms with Gasteiger partial charge in [0.1, 0.15) is 17.9 Å². The fraction of sp³-hybridized carbons (Fsp3) is 0.133. The second-order valence-electron chi connectivity index (χ2n) is 3.94. The monoisotopic (exact) mass is 257 g/mol. The topological polar surface area (TPSA) is 58.6 Å². The molecule has 0 heterocycles. The van der Waals surface area contributed by atoms with Crippen LogP contribution in [-0.4, -0.2) is 24.2 Å². The molecular formula is C15H15NO3. The maximum absolute atomic E-state index is 11.0. The molecule has 0 atom stereocenters. The van der Waals surface area contributed by atoms with Crippen LogP contribution in [0, 0.1) is 0 Å². The molecule has 0 radical (unpaired) electrons. The third kappa shape index (κ3) is 3.74. The van der Waals surface area contributed by atoms with Crippen LogP contribution in [0.5, 0.6) is 5.75 Å². The largest absolute Gasteiger partial charge is 0.491 e. The van der Waals surface area contributed by atoms with Crippen LogP contribution in [0.25, 0.3) is 0 Å². The summed E-state index contributed by atoms with van der Waals surface area (Å²) in [6, 6.07) is 16.4. The van der Waals surface area contributed by atoms with Gasteiger partial charge >= 0.3 is 5.97 Å². The van der Waals surface area contributed by atoms with E-state index in [1.807, 2.05) is 30.3 Å². The Morgan fingerprint density at radius 1 is 1.05 bits per heavy atom. The molecule has 0 aliphatic heterocycles. The number of nitrogens with one attached hydrogen (secondary N) is 1. The lowest BCUT2D eigenvalue weighted by Gasteiger charge is -2.10. The Bertz CT molecular complexity index is 540. The quantitative estimate of drug-likeness (QED) is 0.781. The molecule has 0 spiro atoms. The van der Waals surface area contributed by atoms with Gasteiger partial charge < -0.3 is 15.2 Å². The summed E-state index contributed by atoms with van der Waals surface area (Å²) in [5.74, 6) is -0.587. The fourth-order valence-electron chi connectivity index (χ4n) is 1.68. The molecule has 0 saturated heterocycles. The maximum Gasteiger partial charge on any atom is 0.339 e. The van der Waals surface area contributed by atoms with Gasteiger partial charge in [-0.3, -0.25) is 0 Å². The zero-order chi connectivity index (χ0) is 13.5. The summed E-state index contributed by atoms with van der Waals surface area (Å²) in [6.45, 7) is 1.01. The number of anilines is 1. The highest BCUT2D eigenvalue weighted by Crippen LogP contribution is 2.17. The Kier molecular flexibility index (Phi) is 4.39. The Hall–Kier alpha value is -2.49. The minimum absolute atomic E-state index is 0.183. The molecule has 2 N–H and O–H groups in total. The zero-order valence-corrected chi connectivity index (χ0v) is 10.4. The van der Waals surface area contributed by atoms with Crippen molar-refractivity contribution < 1.29 is 14.6 Å². The third-order valence-electron chi connectivity index (χ3n) is 2.58. The van der Waals surface area contributed by atoms with Crippen LogP contribution < -0.4 is 10.1 Å². The van der Waals surface area contributed by atoms with E-state index in [4.69, 9.17) is 9.84 Å². The number of para-hydroxylation sites is 2. The lowest BCUT2D eigenvalue weighted by Crippen LogP contribution is -2.13. The number of ether oxygens (including phenoxy) is 1. The van der Waals surface area contributed by atoms with E-state index in [0.717, 1.165) is 5.69 Å². The summed E-state index contributed by atoms with van der Waals surface area (Å²) in [5.41, 5.74) is 1.19. The Labute approximate surface area is 111 Å². The highest BCUT2D eigenvalue weighted by atomic mass is 16.5. The molecule has 0 fully saturated rings. The predicted molar refractivity (Wildman–Crippen MR) is 73.8 cm³/mol. The van der Waals surface area contributed by atoms with E-state index in [1.54, 1.807) is 18.2 Å². The second-order valence-corrected chi connectivity index (χ2v) is 3.94. The molecule has 0 aliphatic carbocycles. The molecule has 0 bridgehead atoms. The normalized spacial score (nSPS) is 9.89. The number of rotatable bonds is 6. The van der Waals surface area contributed by atoms with Crippen molar-refractivity contribution in [2.45, 2.75) is 0 Å². The highest BCUT2D eigenvalue weighted by Gasteiger charge is 2.09. The first-order valence-electron chi connectivity index (χ1n) is 6.01. The average Bonchev–Trinajstić information content (AvgIpc) is 2.45. The third-order valence-corrected chi connectivity index (χ3v) is 2.58. The summed E-state index contributed by atoms with van der Waals surface area (Å²) >= 11 is 0. The van der Waals surface area contributed by atoms with E-state index < -0.39 is 5.97 Å². The van der Waals surface area contributed by atoms with Gasteiger partial charge in [-0.15, -0.1) is 0 Å². The number of hydrogen-bond acceptors (Lipinski definition) is 3. The number of benzene rings is 2. The molecule has 0 aromatic heterocycles. The minimum atomic E-state index is -0.980. The molecular weight excluding hydrogens is 242 g/mol. The van der Waals surface area contributed by atoms with E-state index >= 15 is 0 Å². The van der Waals surface area contributed by atoms with Crippen molar-refractivity contribution in [1.82, 2.24) is 0 Å². The van der Waals surface area contributed by atoms with Crippen LogP contribution in [0.1, 0.15) is 10.4 Å². The van der Waals surface area contributed by atoms with Gasteiger partial charge in [0.05, 0.1) is 0 Å². The Morgan fingerprint density at radius 2 is 1.74 bits per heavy atom. The molecule has 19 heavy (non-hydrogen) atoms. The molecule has 4 nitrogen and oxygen atoms in total. The highest BCUT2D eigenvalue weighted by molar-refractivity contribution is 5.90. The van der Waals surface area contributed by atoms with Gasteiger partial charge in [0.15, 0.2) is 0 Å². The van der Waals surface area contributed by atoms with Crippen LogP contribution in [0.2, 0.25) is 0 Å². The zero-order valence-electron chi connectivity index (χ0n) is 10.4. The number of carboxylic acids is 1.